The van der Waals surface area contributed by atoms with Crippen molar-refractivity contribution in [3.63, 3.8) is 0 Å². The number of aromatic hydroxyl groups is 1. The number of unbranched alkanes of at least 4 members (excludes halogenated alkanes) is 2. The lowest BCUT2D eigenvalue weighted by atomic mass is 9.98. The first-order chi connectivity index (χ1) is 15.8. The van der Waals surface area contributed by atoms with Gasteiger partial charge in [-0.25, -0.2) is 4.79 Å². The van der Waals surface area contributed by atoms with Crippen molar-refractivity contribution in [2.24, 2.45) is 5.92 Å². The average Bonchev–Trinajstić information content (AvgIpc) is 2.71. The van der Waals surface area contributed by atoms with Crippen molar-refractivity contribution in [2.45, 2.75) is 91.8 Å². The number of likely N-dealkylation sites (N-methyl/N-ethyl adjacent to an activating group) is 1. The molecule has 2 unspecified atom stereocenters. The van der Waals surface area contributed by atoms with Crippen LogP contribution in [-0.2, 0) is 14.3 Å². The Morgan fingerprint density at radius 3 is 2.32 bits per heavy atom. The van der Waals surface area contributed by atoms with Crippen LogP contribution in [0.5, 0.6) is 5.75 Å². The number of carbonyl (C=O) groups excluding carboxylic acids is 3. The van der Waals surface area contributed by atoms with Crippen molar-refractivity contribution in [3.05, 3.63) is 29.3 Å². The molecule has 0 aliphatic heterocycles. The molecule has 1 rings (SSSR count). The van der Waals surface area contributed by atoms with E-state index in [9.17, 15) is 19.5 Å². The molecule has 0 aromatic heterocycles. The smallest absolute Gasteiger partial charge is 0.408 e. The number of nitrogens with one attached hydrogen (secondary N) is 2. The minimum atomic E-state index is -0.913. The van der Waals surface area contributed by atoms with Gasteiger partial charge in [0.15, 0.2) is 0 Å². The summed E-state index contributed by atoms with van der Waals surface area (Å²) in [5, 5.41) is 15.6. The maximum Gasteiger partial charge on any atom is 0.408 e. The van der Waals surface area contributed by atoms with Crippen LogP contribution in [0.25, 0.3) is 0 Å². The van der Waals surface area contributed by atoms with Gasteiger partial charge in [-0.2, -0.15) is 0 Å². The molecule has 0 aliphatic rings. The molecular formula is C26H43N3O5. The topological polar surface area (TPSA) is 108 Å². The van der Waals surface area contributed by atoms with Crippen molar-refractivity contribution < 1.29 is 24.2 Å². The number of ether oxygens (including phenoxy) is 1. The second kappa shape index (κ2) is 13.2. The number of nitrogens with zero attached hydrogens (tertiary/aromatic N) is 1. The molecule has 2 atom stereocenters. The highest BCUT2D eigenvalue weighted by Crippen LogP contribution is 2.26. The van der Waals surface area contributed by atoms with E-state index in [0.717, 1.165) is 19.3 Å². The molecule has 192 valence electrons. The predicted molar refractivity (Wildman–Crippen MR) is 134 cm³/mol. The Morgan fingerprint density at radius 1 is 1.15 bits per heavy atom. The molecule has 8 heteroatoms. The Bertz CT molecular complexity index is 832. The van der Waals surface area contributed by atoms with E-state index < -0.39 is 23.8 Å². The molecule has 0 radical (unpaired) electrons. The van der Waals surface area contributed by atoms with Gasteiger partial charge in [0.25, 0.3) is 0 Å². The molecule has 0 heterocycles. The predicted octanol–water partition coefficient (Wildman–Crippen LogP) is 4.45. The highest BCUT2D eigenvalue weighted by molar-refractivity contribution is 5.92. The Labute approximate surface area is 204 Å². The number of carbonyl (C=O) groups is 3. The lowest BCUT2D eigenvalue weighted by Gasteiger charge is -2.32. The third-order valence-electron chi connectivity index (χ3n) is 5.30. The lowest BCUT2D eigenvalue weighted by Crippen LogP contribution is -2.52. The molecule has 1 aromatic carbocycles. The highest BCUT2D eigenvalue weighted by Gasteiger charge is 2.34. The third kappa shape index (κ3) is 9.61. The first-order valence-electron chi connectivity index (χ1n) is 12.1. The highest BCUT2D eigenvalue weighted by atomic mass is 16.6. The summed E-state index contributed by atoms with van der Waals surface area (Å²) in [4.78, 5) is 40.6. The van der Waals surface area contributed by atoms with E-state index >= 15 is 0 Å². The van der Waals surface area contributed by atoms with Crippen LogP contribution in [0.3, 0.4) is 0 Å². The van der Waals surface area contributed by atoms with E-state index in [0.29, 0.717) is 24.1 Å². The fourth-order valence-corrected chi connectivity index (χ4v) is 3.60. The van der Waals surface area contributed by atoms with Gasteiger partial charge in [-0.15, -0.1) is 0 Å². The average molecular weight is 478 g/mol. The summed E-state index contributed by atoms with van der Waals surface area (Å²) in [5.41, 5.74) is 0.485. The quantitative estimate of drug-likeness (QED) is 0.408. The largest absolute Gasteiger partial charge is 0.508 e. The molecule has 0 fully saturated rings. The zero-order chi connectivity index (χ0) is 26.1. The van der Waals surface area contributed by atoms with E-state index in [4.69, 9.17) is 4.74 Å². The van der Waals surface area contributed by atoms with Gasteiger partial charge < -0.3 is 25.4 Å². The van der Waals surface area contributed by atoms with Crippen molar-refractivity contribution in [1.82, 2.24) is 15.5 Å². The Kier molecular flexibility index (Phi) is 11.4. The number of hydrogen-bond donors (Lipinski definition) is 3. The van der Waals surface area contributed by atoms with Crippen LogP contribution in [0.4, 0.5) is 4.79 Å². The monoisotopic (exact) mass is 477 g/mol. The number of rotatable bonds is 11. The molecule has 0 aliphatic carbocycles. The molecule has 0 spiro atoms. The van der Waals surface area contributed by atoms with Gasteiger partial charge in [0, 0.05) is 13.6 Å². The minimum absolute atomic E-state index is 0.115. The maximum absolute atomic E-state index is 13.6. The van der Waals surface area contributed by atoms with Gasteiger partial charge in [0.05, 0.1) is 0 Å². The summed E-state index contributed by atoms with van der Waals surface area (Å²) in [7, 11) is 1.56. The molecule has 34 heavy (non-hydrogen) atoms. The number of aryl methyl sites for hydroxylation is 1. The molecule has 0 saturated carbocycles. The first kappa shape index (κ1) is 29.3. The molecule has 0 bridgehead atoms. The van der Waals surface area contributed by atoms with Crippen LogP contribution in [0.15, 0.2) is 18.2 Å². The fraction of sp³-hybridized carbons (Fsp3) is 0.654. The standard InChI is InChI=1S/C26H43N3O5/c1-9-10-11-14-27-23(31)22(19-12-13-21(30)18(4)16-19)29(8)24(32)20(15-17(2)3)28-25(33)34-26(5,6)7/h12-13,16-17,20,22,30H,9-11,14-15H2,1-8H3,(H,27,31)(H,28,33). The van der Waals surface area contributed by atoms with Gasteiger partial charge in [-0.1, -0.05) is 39.7 Å². The number of phenols is 1. The van der Waals surface area contributed by atoms with Crippen molar-refractivity contribution in [2.75, 3.05) is 13.6 Å². The van der Waals surface area contributed by atoms with E-state index in [1.54, 1.807) is 46.9 Å². The Balaban J connectivity index is 3.22. The normalized spacial score (nSPS) is 13.2. The Hall–Kier alpha value is -2.77. The summed E-state index contributed by atoms with van der Waals surface area (Å²) in [5.74, 6) is -0.463. The van der Waals surface area contributed by atoms with Gasteiger partial charge in [-0.3, -0.25) is 9.59 Å². The second-order valence-electron chi connectivity index (χ2n) is 10.2. The minimum Gasteiger partial charge on any atom is -0.508 e. The van der Waals surface area contributed by atoms with E-state index in [-0.39, 0.29) is 23.5 Å². The van der Waals surface area contributed by atoms with Gasteiger partial charge in [0.2, 0.25) is 11.8 Å². The number of phenolic OH excluding ortho intramolecular Hbond substituents is 1. The molecule has 3 amide bonds. The van der Waals surface area contributed by atoms with E-state index in [1.165, 1.54) is 11.0 Å². The second-order valence-corrected chi connectivity index (χ2v) is 10.2. The molecule has 8 nitrogen and oxygen atoms in total. The number of benzene rings is 1. The van der Waals surface area contributed by atoms with E-state index in [2.05, 4.69) is 17.6 Å². The van der Waals surface area contributed by atoms with Crippen molar-refractivity contribution in [1.29, 1.82) is 0 Å². The summed E-state index contributed by atoms with van der Waals surface area (Å²) < 4.78 is 5.35. The third-order valence-corrected chi connectivity index (χ3v) is 5.30. The van der Waals surface area contributed by atoms with Gasteiger partial charge in [0.1, 0.15) is 23.4 Å². The van der Waals surface area contributed by atoms with E-state index in [1.807, 2.05) is 13.8 Å². The first-order valence-corrected chi connectivity index (χ1v) is 12.1. The van der Waals surface area contributed by atoms with Crippen LogP contribution in [0, 0.1) is 12.8 Å². The molecule has 0 saturated heterocycles. The summed E-state index contributed by atoms with van der Waals surface area (Å²) >= 11 is 0. The maximum atomic E-state index is 13.6. The molecule has 3 N–H and O–H groups in total. The fourth-order valence-electron chi connectivity index (χ4n) is 3.60. The number of hydrogen-bond acceptors (Lipinski definition) is 5. The van der Waals surface area contributed by atoms with Gasteiger partial charge >= 0.3 is 6.09 Å². The van der Waals surface area contributed by atoms with Crippen molar-refractivity contribution >= 4 is 17.9 Å². The molecular weight excluding hydrogens is 434 g/mol. The van der Waals surface area contributed by atoms with Crippen LogP contribution in [0.1, 0.15) is 84.4 Å². The van der Waals surface area contributed by atoms with Crippen molar-refractivity contribution in [3.8, 4) is 5.75 Å². The van der Waals surface area contributed by atoms with Gasteiger partial charge in [-0.05, 0) is 69.7 Å². The Morgan fingerprint density at radius 2 is 1.79 bits per heavy atom. The SMILES string of the molecule is CCCCCNC(=O)C(c1ccc(O)c(C)c1)N(C)C(=O)C(CC(C)C)NC(=O)OC(C)(C)C. The summed E-state index contributed by atoms with van der Waals surface area (Å²) in [6, 6.07) is 3.09. The van der Waals surface area contributed by atoms with Crippen LogP contribution < -0.4 is 10.6 Å². The summed E-state index contributed by atoms with van der Waals surface area (Å²) in [6.07, 6.45) is 2.58. The lowest BCUT2D eigenvalue weighted by molar-refractivity contribution is -0.141. The zero-order valence-corrected chi connectivity index (χ0v) is 22.0. The van der Waals surface area contributed by atoms with Crippen LogP contribution in [0.2, 0.25) is 0 Å². The number of amides is 3. The number of alkyl carbamates (subject to hydrolysis) is 1. The zero-order valence-electron chi connectivity index (χ0n) is 22.0. The van der Waals surface area contributed by atoms with Crippen LogP contribution >= 0.6 is 0 Å². The molecule has 1 aromatic rings. The summed E-state index contributed by atoms with van der Waals surface area (Å²) in [6.45, 7) is 13.5. The van der Waals surface area contributed by atoms with Crippen LogP contribution in [-0.4, -0.2) is 53.1 Å².